The number of nitrogens with one attached hydrogen (secondary N) is 1. The molecule has 2 aromatic carbocycles. The van der Waals surface area contributed by atoms with Gasteiger partial charge in [0.1, 0.15) is 11.5 Å². The molecule has 0 aliphatic rings. The van der Waals surface area contributed by atoms with Crippen molar-refractivity contribution in [1.82, 2.24) is 0 Å². The summed E-state index contributed by atoms with van der Waals surface area (Å²) in [5.41, 5.74) is 2.19. The van der Waals surface area contributed by atoms with Crippen LogP contribution >= 0.6 is 28.3 Å². The highest BCUT2D eigenvalue weighted by Gasteiger charge is 2.05. The first-order valence-electron chi connectivity index (χ1n) is 6.97. The predicted molar refractivity (Wildman–Crippen MR) is 99.4 cm³/mol. The second-order valence-electron chi connectivity index (χ2n) is 4.88. The van der Waals surface area contributed by atoms with Crippen molar-refractivity contribution in [3.63, 3.8) is 0 Å². The lowest BCUT2D eigenvalue weighted by Gasteiger charge is -2.05. The summed E-state index contributed by atoms with van der Waals surface area (Å²) in [6.45, 7) is 0.685. The lowest BCUT2D eigenvalue weighted by atomic mass is 10.2. The van der Waals surface area contributed by atoms with E-state index in [-0.39, 0.29) is 12.4 Å². The lowest BCUT2D eigenvalue weighted by Crippen LogP contribution is -1.98. The molecule has 23 heavy (non-hydrogen) atoms. The highest BCUT2D eigenvalue weighted by atomic mass is 79.9. The van der Waals surface area contributed by atoms with Crippen LogP contribution in [-0.4, -0.2) is 7.11 Å². The van der Waals surface area contributed by atoms with Gasteiger partial charge in [0.15, 0.2) is 5.88 Å². The van der Waals surface area contributed by atoms with Crippen LogP contribution in [-0.2, 0) is 6.54 Å². The summed E-state index contributed by atoms with van der Waals surface area (Å²) >= 11 is 3.43. The van der Waals surface area contributed by atoms with Gasteiger partial charge < -0.3 is 14.5 Å². The second-order valence-corrected chi connectivity index (χ2v) is 5.79. The molecule has 0 atom stereocenters. The van der Waals surface area contributed by atoms with Gasteiger partial charge in [0.2, 0.25) is 0 Å². The van der Waals surface area contributed by atoms with Crippen molar-refractivity contribution in [2.24, 2.45) is 0 Å². The van der Waals surface area contributed by atoms with E-state index >= 15 is 0 Å². The standard InChI is InChI=1S/C18H16BrNO2.ClH/c1-21-16-4-2-3-13(11-16)12-20-18-10-9-17(22-18)14-5-7-15(19)8-6-14;/h2-11,20H,12H2,1H3;1H. The zero-order chi connectivity index (χ0) is 15.4. The van der Waals surface area contributed by atoms with Gasteiger partial charge in [-0.3, -0.25) is 0 Å². The molecule has 0 saturated heterocycles. The molecule has 3 aromatic rings. The van der Waals surface area contributed by atoms with Gasteiger partial charge in [-0.25, -0.2) is 0 Å². The third kappa shape index (κ3) is 4.53. The minimum atomic E-state index is 0. The van der Waals surface area contributed by atoms with Crippen molar-refractivity contribution >= 4 is 34.2 Å². The predicted octanol–water partition coefficient (Wildman–Crippen LogP) is 5.75. The van der Waals surface area contributed by atoms with Crippen LogP contribution < -0.4 is 10.1 Å². The lowest BCUT2D eigenvalue weighted by molar-refractivity contribution is 0.414. The number of hydrogen-bond acceptors (Lipinski definition) is 3. The molecule has 0 unspecified atom stereocenters. The van der Waals surface area contributed by atoms with Crippen LogP contribution in [0.1, 0.15) is 5.56 Å². The number of furan rings is 1. The normalized spacial score (nSPS) is 10.0. The van der Waals surface area contributed by atoms with Gasteiger partial charge in [-0.2, -0.15) is 0 Å². The summed E-state index contributed by atoms with van der Waals surface area (Å²) in [6, 6.07) is 19.9. The first-order valence-corrected chi connectivity index (χ1v) is 7.76. The maximum Gasteiger partial charge on any atom is 0.193 e. The summed E-state index contributed by atoms with van der Waals surface area (Å²) in [5, 5.41) is 3.28. The largest absolute Gasteiger partial charge is 0.497 e. The average molecular weight is 395 g/mol. The zero-order valence-electron chi connectivity index (χ0n) is 12.6. The van der Waals surface area contributed by atoms with Crippen molar-refractivity contribution in [3.05, 3.63) is 70.7 Å². The van der Waals surface area contributed by atoms with Crippen molar-refractivity contribution < 1.29 is 9.15 Å². The quantitative estimate of drug-likeness (QED) is 0.598. The van der Waals surface area contributed by atoms with Crippen molar-refractivity contribution in [3.8, 4) is 17.1 Å². The Kier molecular flexibility index (Phi) is 6.13. The van der Waals surface area contributed by atoms with Crippen LogP contribution in [0.3, 0.4) is 0 Å². The average Bonchev–Trinajstić information content (AvgIpc) is 3.03. The minimum absolute atomic E-state index is 0. The minimum Gasteiger partial charge on any atom is -0.497 e. The van der Waals surface area contributed by atoms with Gasteiger partial charge in [-0.1, -0.05) is 40.2 Å². The Balaban J connectivity index is 0.00000192. The summed E-state index contributed by atoms with van der Waals surface area (Å²) in [4.78, 5) is 0. The molecule has 0 saturated carbocycles. The molecule has 5 heteroatoms. The van der Waals surface area contributed by atoms with Crippen molar-refractivity contribution in [2.45, 2.75) is 6.54 Å². The SMILES string of the molecule is COc1cccc(CNc2ccc(-c3ccc(Br)cc3)o2)c1.Cl. The topological polar surface area (TPSA) is 34.4 Å². The Morgan fingerprint density at radius 1 is 1.04 bits per heavy atom. The van der Waals surface area contributed by atoms with E-state index in [9.17, 15) is 0 Å². The fourth-order valence-electron chi connectivity index (χ4n) is 2.17. The molecule has 1 aromatic heterocycles. The van der Waals surface area contributed by atoms with Crippen LogP contribution in [0, 0.1) is 0 Å². The molecule has 0 radical (unpaired) electrons. The number of rotatable bonds is 5. The van der Waals surface area contributed by atoms with E-state index in [1.807, 2.05) is 60.7 Å². The Morgan fingerprint density at radius 3 is 2.57 bits per heavy atom. The Bertz CT molecular complexity index is 756. The molecule has 1 heterocycles. The van der Waals surface area contributed by atoms with Gasteiger partial charge in [-0.15, -0.1) is 12.4 Å². The molecule has 3 nitrogen and oxygen atoms in total. The maximum atomic E-state index is 5.83. The van der Waals surface area contributed by atoms with Crippen LogP contribution in [0.4, 0.5) is 5.88 Å². The third-order valence-electron chi connectivity index (χ3n) is 3.34. The molecule has 0 aliphatic carbocycles. The highest BCUT2D eigenvalue weighted by molar-refractivity contribution is 9.10. The molecule has 3 rings (SSSR count). The van der Waals surface area contributed by atoms with Gasteiger partial charge >= 0.3 is 0 Å². The van der Waals surface area contributed by atoms with E-state index in [0.717, 1.165) is 33.0 Å². The number of ether oxygens (including phenoxy) is 1. The van der Waals surface area contributed by atoms with Crippen molar-refractivity contribution in [2.75, 3.05) is 12.4 Å². The fraction of sp³-hybridized carbons (Fsp3) is 0.111. The van der Waals surface area contributed by atoms with Gasteiger partial charge in [0, 0.05) is 22.6 Å². The van der Waals surface area contributed by atoms with Crippen LogP contribution in [0.25, 0.3) is 11.3 Å². The smallest absolute Gasteiger partial charge is 0.193 e. The molecule has 120 valence electrons. The van der Waals surface area contributed by atoms with E-state index in [4.69, 9.17) is 9.15 Å². The monoisotopic (exact) mass is 393 g/mol. The third-order valence-corrected chi connectivity index (χ3v) is 3.86. The first kappa shape index (κ1) is 17.4. The Morgan fingerprint density at radius 2 is 1.83 bits per heavy atom. The summed E-state index contributed by atoms with van der Waals surface area (Å²) in [5.74, 6) is 2.45. The molecular weight excluding hydrogens is 378 g/mol. The van der Waals surface area contributed by atoms with E-state index < -0.39 is 0 Å². The first-order chi connectivity index (χ1) is 10.7. The summed E-state index contributed by atoms with van der Waals surface area (Å²) in [6.07, 6.45) is 0. The van der Waals surface area contributed by atoms with Crippen LogP contribution in [0.15, 0.2) is 69.6 Å². The maximum absolute atomic E-state index is 5.83. The van der Waals surface area contributed by atoms with Crippen molar-refractivity contribution in [1.29, 1.82) is 0 Å². The second kappa shape index (κ2) is 8.09. The summed E-state index contributed by atoms with van der Waals surface area (Å²) < 4.78 is 12.1. The number of anilines is 1. The molecule has 0 fully saturated rings. The molecule has 1 N–H and O–H groups in total. The van der Waals surface area contributed by atoms with E-state index in [1.54, 1.807) is 7.11 Å². The Hall–Kier alpha value is -1.91. The molecular formula is C18H17BrClNO2. The fourth-order valence-corrected chi connectivity index (χ4v) is 2.44. The van der Waals surface area contributed by atoms with E-state index in [1.165, 1.54) is 0 Å². The van der Waals surface area contributed by atoms with Gasteiger partial charge in [-0.05, 0) is 35.9 Å². The molecule has 0 bridgehead atoms. The number of methoxy groups -OCH3 is 1. The zero-order valence-corrected chi connectivity index (χ0v) is 15.0. The Labute approximate surface area is 150 Å². The van der Waals surface area contributed by atoms with Crippen LogP contribution in [0.5, 0.6) is 5.75 Å². The number of hydrogen-bond donors (Lipinski definition) is 1. The summed E-state index contributed by atoms with van der Waals surface area (Å²) in [7, 11) is 1.67. The molecule has 0 aliphatic heterocycles. The number of benzene rings is 2. The highest BCUT2D eigenvalue weighted by Crippen LogP contribution is 2.26. The van der Waals surface area contributed by atoms with Gasteiger partial charge in [0.05, 0.1) is 7.11 Å². The van der Waals surface area contributed by atoms with Crippen LogP contribution in [0.2, 0.25) is 0 Å². The van der Waals surface area contributed by atoms with E-state index in [2.05, 4.69) is 21.2 Å². The number of halogens is 2. The van der Waals surface area contributed by atoms with E-state index in [0.29, 0.717) is 6.54 Å². The van der Waals surface area contributed by atoms with Gasteiger partial charge in [0.25, 0.3) is 0 Å². The molecule has 0 amide bonds. The molecule has 0 spiro atoms.